The van der Waals surface area contributed by atoms with Crippen LogP contribution in [0.15, 0.2) is 0 Å². The number of hydrogen-bond acceptors (Lipinski definition) is 4. The van der Waals surface area contributed by atoms with Gasteiger partial charge < -0.3 is 14.4 Å². The van der Waals surface area contributed by atoms with Crippen molar-refractivity contribution in [1.82, 2.24) is 9.55 Å². The maximum atomic E-state index is 11.4. The molecule has 0 aromatic carbocycles. The van der Waals surface area contributed by atoms with Crippen LogP contribution in [0.25, 0.3) is 0 Å². The highest BCUT2D eigenvalue weighted by molar-refractivity contribution is 5.91. The Morgan fingerprint density at radius 3 is 2.81 bits per heavy atom. The van der Waals surface area contributed by atoms with Gasteiger partial charge in [-0.05, 0) is 19.3 Å². The van der Waals surface area contributed by atoms with Crippen LogP contribution in [-0.2, 0) is 17.7 Å². The van der Waals surface area contributed by atoms with E-state index in [0.29, 0.717) is 18.7 Å². The Hall–Kier alpha value is -1.85. The molecule has 0 fully saturated rings. The molecule has 0 saturated heterocycles. The van der Waals surface area contributed by atoms with Gasteiger partial charge in [-0.3, -0.25) is 0 Å². The average Bonchev–Trinajstić information content (AvgIpc) is 2.67. The van der Waals surface area contributed by atoms with Crippen LogP contribution < -0.4 is 0 Å². The summed E-state index contributed by atoms with van der Waals surface area (Å²) in [6.45, 7) is 0.625. The van der Waals surface area contributed by atoms with E-state index >= 15 is 0 Å². The first-order valence-electron chi connectivity index (χ1n) is 5.06. The molecule has 2 heterocycles. The Morgan fingerprint density at radius 1 is 1.44 bits per heavy atom. The summed E-state index contributed by atoms with van der Waals surface area (Å²) in [4.78, 5) is 26.2. The molecule has 1 aromatic heterocycles. The van der Waals surface area contributed by atoms with E-state index < -0.39 is 11.9 Å². The summed E-state index contributed by atoms with van der Waals surface area (Å²) >= 11 is 0. The fraction of sp³-hybridized carbons (Fsp3) is 0.500. The maximum absolute atomic E-state index is 11.4. The van der Waals surface area contributed by atoms with E-state index in [-0.39, 0.29) is 11.5 Å². The number of hydrogen-bond donors (Lipinski definition) is 1. The third-order valence-electron chi connectivity index (χ3n) is 2.69. The fourth-order valence-electron chi connectivity index (χ4n) is 1.96. The minimum atomic E-state index is -1.10. The predicted octanol–water partition coefficient (Wildman–Crippen LogP) is 0.704. The van der Waals surface area contributed by atoms with Crippen LogP contribution >= 0.6 is 0 Å². The van der Waals surface area contributed by atoms with Crippen LogP contribution in [0.5, 0.6) is 0 Å². The first-order valence-corrected chi connectivity index (χ1v) is 5.06. The van der Waals surface area contributed by atoms with Gasteiger partial charge in [0.15, 0.2) is 5.69 Å². The SMILES string of the molecule is COC(=O)c1nc(C(=O)O)c2n1CCCC2. The molecule has 86 valence electrons. The van der Waals surface area contributed by atoms with Crippen LogP contribution in [0.4, 0.5) is 0 Å². The third kappa shape index (κ3) is 1.56. The second-order valence-corrected chi connectivity index (χ2v) is 3.64. The predicted molar refractivity (Wildman–Crippen MR) is 53.5 cm³/mol. The van der Waals surface area contributed by atoms with E-state index in [2.05, 4.69) is 9.72 Å². The summed E-state index contributed by atoms with van der Waals surface area (Å²) in [6, 6.07) is 0. The number of carboxylic acid groups (broad SMARTS) is 1. The Balaban J connectivity index is 2.54. The van der Waals surface area contributed by atoms with Crippen molar-refractivity contribution in [3.63, 3.8) is 0 Å². The zero-order valence-corrected chi connectivity index (χ0v) is 8.89. The summed E-state index contributed by atoms with van der Waals surface area (Å²) in [5.41, 5.74) is 0.597. The van der Waals surface area contributed by atoms with Gasteiger partial charge in [0.25, 0.3) is 0 Å². The number of carbonyl (C=O) groups is 2. The highest BCUT2D eigenvalue weighted by Gasteiger charge is 2.27. The van der Waals surface area contributed by atoms with E-state index in [1.165, 1.54) is 7.11 Å². The largest absolute Gasteiger partial charge is 0.476 e. The fourth-order valence-corrected chi connectivity index (χ4v) is 1.96. The molecule has 0 aliphatic carbocycles. The van der Waals surface area contributed by atoms with Gasteiger partial charge in [-0.2, -0.15) is 0 Å². The van der Waals surface area contributed by atoms with Gasteiger partial charge in [-0.1, -0.05) is 0 Å². The Bertz CT molecular complexity index is 450. The van der Waals surface area contributed by atoms with E-state index in [4.69, 9.17) is 5.11 Å². The molecule has 1 aromatic rings. The number of fused-ring (bicyclic) bond motifs is 1. The molecule has 0 radical (unpaired) electrons. The van der Waals surface area contributed by atoms with Crippen molar-refractivity contribution in [2.75, 3.05) is 7.11 Å². The lowest BCUT2D eigenvalue weighted by atomic mass is 10.1. The number of aromatic nitrogens is 2. The van der Waals surface area contributed by atoms with Crippen LogP contribution in [-0.4, -0.2) is 33.7 Å². The standard InChI is InChI=1S/C10H12N2O4/c1-16-10(15)8-11-7(9(13)14)6-4-2-3-5-12(6)8/h2-5H2,1H3,(H,13,14). The van der Waals surface area contributed by atoms with Crippen molar-refractivity contribution >= 4 is 11.9 Å². The first-order chi connectivity index (χ1) is 7.65. The number of rotatable bonds is 2. The Kier molecular flexibility index (Phi) is 2.64. The average molecular weight is 224 g/mol. The Morgan fingerprint density at radius 2 is 2.19 bits per heavy atom. The molecule has 0 amide bonds. The summed E-state index contributed by atoms with van der Waals surface area (Å²) in [6.07, 6.45) is 2.49. The molecule has 0 atom stereocenters. The number of carbonyl (C=O) groups excluding carboxylic acids is 1. The summed E-state index contributed by atoms with van der Waals surface area (Å²) in [5, 5.41) is 8.98. The molecular weight excluding hydrogens is 212 g/mol. The molecule has 1 aliphatic heterocycles. The van der Waals surface area contributed by atoms with Gasteiger partial charge in [-0.15, -0.1) is 0 Å². The van der Waals surface area contributed by atoms with Crippen molar-refractivity contribution in [3.8, 4) is 0 Å². The highest BCUT2D eigenvalue weighted by atomic mass is 16.5. The topological polar surface area (TPSA) is 81.4 Å². The minimum Gasteiger partial charge on any atom is -0.476 e. The zero-order chi connectivity index (χ0) is 11.7. The Labute approximate surface area is 91.8 Å². The molecule has 2 rings (SSSR count). The van der Waals surface area contributed by atoms with E-state index in [0.717, 1.165) is 12.8 Å². The van der Waals surface area contributed by atoms with Crippen molar-refractivity contribution in [2.45, 2.75) is 25.8 Å². The lowest BCUT2D eigenvalue weighted by molar-refractivity contribution is 0.0580. The first kappa shape index (κ1) is 10.7. The lowest BCUT2D eigenvalue weighted by Crippen LogP contribution is -2.17. The van der Waals surface area contributed by atoms with Crippen molar-refractivity contribution in [2.24, 2.45) is 0 Å². The molecule has 1 N–H and O–H groups in total. The minimum absolute atomic E-state index is 0.0277. The van der Waals surface area contributed by atoms with E-state index in [1.807, 2.05) is 0 Å². The van der Waals surface area contributed by atoms with Crippen LogP contribution in [0, 0.1) is 0 Å². The molecule has 0 bridgehead atoms. The van der Waals surface area contributed by atoms with E-state index in [9.17, 15) is 9.59 Å². The van der Waals surface area contributed by atoms with Gasteiger partial charge >= 0.3 is 11.9 Å². The number of methoxy groups -OCH3 is 1. The molecule has 1 aliphatic rings. The van der Waals surface area contributed by atoms with Crippen molar-refractivity contribution < 1.29 is 19.4 Å². The molecule has 6 nitrogen and oxygen atoms in total. The molecule has 0 saturated carbocycles. The third-order valence-corrected chi connectivity index (χ3v) is 2.69. The van der Waals surface area contributed by atoms with Crippen molar-refractivity contribution in [1.29, 1.82) is 0 Å². The molecule has 6 heteroatoms. The molecular formula is C10H12N2O4. The number of nitrogens with zero attached hydrogens (tertiary/aromatic N) is 2. The lowest BCUT2D eigenvalue weighted by Gasteiger charge is -2.15. The van der Waals surface area contributed by atoms with Gasteiger partial charge in [0.05, 0.1) is 12.8 Å². The van der Waals surface area contributed by atoms with Crippen molar-refractivity contribution in [3.05, 3.63) is 17.2 Å². The summed E-state index contributed by atoms with van der Waals surface area (Å²) in [5.74, 6) is -1.59. The normalized spacial score (nSPS) is 14.3. The number of ether oxygens (including phenoxy) is 1. The molecule has 0 spiro atoms. The number of esters is 1. The van der Waals surface area contributed by atoms with Gasteiger partial charge in [0.1, 0.15) is 0 Å². The number of aromatic carboxylic acids is 1. The zero-order valence-electron chi connectivity index (χ0n) is 8.89. The molecule has 16 heavy (non-hydrogen) atoms. The van der Waals surface area contributed by atoms with Crippen LogP contribution in [0.2, 0.25) is 0 Å². The second-order valence-electron chi connectivity index (χ2n) is 3.64. The molecule has 0 unspecified atom stereocenters. The van der Waals surface area contributed by atoms with Gasteiger partial charge in [-0.25, -0.2) is 14.6 Å². The monoisotopic (exact) mass is 224 g/mol. The van der Waals surface area contributed by atoms with Crippen LogP contribution in [0.3, 0.4) is 0 Å². The number of imidazole rings is 1. The van der Waals surface area contributed by atoms with Gasteiger partial charge in [0, 0.05) is 6.54 Å². The summed E-state index contributed by atoms with van der Waals surface area (Å²) < 4.78 is 6.23. The quantitative estimate of drug-likeness (QED) is 0.748. The van der Waals surface area contributed by atoms with E-state index in [1.54, 1.807) is 4.57 Å². The second kappa shape index (κ2) is 3.96. The number of carboxylic acids is 1. The van der Waals surface area contributed by atoms with Crippen LogP contribution in [0.1, 0.15) is 39.6 Å². The smallest absolute Gasteiger partial charge is 0.374 e. The highest BCUT2D eigenvalue weighted by Crippen LogP contribution is 2.21. The van der Waals surface area contributed by atoms with Gasteiger partial charge in [0.2, 0.25) is 5.82 Å². The maximum Gasteiger partial charge on any atom is 0.374 e. The summed E-state index contributed by atoms with van der Waals surface area (Å²) in [7, 11) is 1.26.